The maximum atomic E-state index is 11.9. The van der Waals surface area contributed by atoms with E-state index in [1.165, 1.54) is 17.3 Å². The predicted molar refractivity (Wildman–Crippen MR) is 106 cm³/mol. The van der Waals surface area contributed by atoms with Crippen LogP contribution in [0.1, 0.15) is 11.3 Å². The van der Waals surface area contributed by atoms with E-state index in [4.69, 9.17) is 16.0 Å². The first-order valence-corrected chi connectivity index (χ1v) is 9.83. The molecule has 1 aromatic heterocycles. The van der Waals surface area contributed by atoms with Gasteiger partial charge in [-0.1, -0.05) is 41.9 Å². The second-order valence-corrected chi connectivity index (χ2v) is 7.15. The Bertz CT molecular complexity index is 835. The molecule has 0 aliphatic carbocycles. The number of halogens is 1. The summed E-state index contributed by atoms with van der Waals surface area (Å²) >= 11 is 7.40. The van der Waals surface area contributed by atoms with Crippen molar-refractivity contribution in [1.82, 2.24) is 10.3 Å². The lowest BCUT2D eigenvalue weighted by Crippen LogP contribution is -2.27. The number of rotatable bonds is 8. The highest BCUT2D eigenvalue weighted by molar-refractivity contribution is 7.99. The summed E-state index contributed by atoms with van der Waals surface area (Å²) < 4.78 is 5.49. The third kappa shape index (κ3) is 5.64. The molecule has 0 atom stereocenters. The van der Waals surface area contributed by atoms with E-state index in [9.17, 15) is 4.79 Å². The Morgan fingerprint density at radius 2 is 1.88 bits per heavy atom. The summed E-state index contributed by atoms with van der Waals surface area (Å²) in [5.41, 5.74) is 2.92. The van der Waals surface area contributed by atoms with Crippen molar-refractivity contribution < 1.29 is 9.21 Å². The van der Waals surface area contributed by atoms with E-state index in [-0.39, 0.29) is 5.91 Å². The Balaban J connectivity index is 1.38. The first kappa shape index (κ1) is 18.5. The fourth-order valence-corrected chi connectivity index (χ4v) is 3.25. The van der Waals surface area contributed by atoms with E-state index in [1.54, 1.807) is 18.4 Å². The van der Waals surface area contributed by atoms with Crippen molar-refractivity contribution in [3.8, 4) is 11.5 Å². The standard InChI is InChI=1S/C20H19ClN2O2S/c21-17-8-6-16(7-9-17)20-23-18(12-25-20)13-26-14-19(24)22-11-10-15-4-2-1-3-5-15/h1-9,12H,10-11,13-14H2,(H,22,24). The van der Waals surface area contributed by atoms with Gasteiger partial charge in [-0.15, -0.1) is 11.8 Å². The van der Waals surface area contributed by atoms with Gasteiger partial charge in [0.15, 0.2) is 0 Å². The minimum Gasteiger partial charge on any atom is -0.444 e. The van der Waals surface area contributed by atoms with Gasteiger partial charge in [-0.25, -0.2) is 4.98 Å². The number of oxazole rings is 1. The summed E-state index contributed by atoms with van der Waals surface area (Å²) in [4.78, 5) is 16.3. The predicted octanol–water partition coefficient (Wildman–Crippen LogP) is 4.59. The van der Waals surface area contributed by atoms with Gasteiger partial charge < -0.3 is 9.73 Å². The van der Waals surface area contributed by atoms with Gasteiger partial charge in [0.2, 0.25) is 11.8 Å². The molecule has 4 nitrogen and oxygen atoms in total. The number of thioether (sulfide) groups is 1. The van der Waals surface area contributed by atoms with Gasteiger partial charge in [0.1, 0.15) is 6.26 Å². The molecule has 3 aromatic rings. The van der Waals surface area contributed by atoms with Crippen LogP contribution < -0.4 is 5.32 Å². The molecule has 0 unspecified atom stereocenters. The molecular weight excluding hydrogens is 368 g/mol. The van der Waals surface area contributed by atoms with Crippen molar-refractivity contribution in [3.63, 3.8) is 0 Å². The summed E-state index contributed by atoms with van der Waals surface area (Å²) in [5, 5.41) is 3.61. The zero-order chi connectivity index (χ0) is 18.2. The van der Waals surface area contributed by atoms with Crippen LogP contribution in [0.2, 0.25) is 5.02 Å². The van der Waals surface area contributed by atoms with E-state index in [0.29, 0.717) is 29.0 Å². The topological polar surface area (TPSA) is 55.1 Å². The summed E-state index contributed by atoms with van der Waals surface area (Å²) in [6, 6.07) is 17.4. The number of nitrogens with one attached hydrogen (secondary N) is 1. The van der Waals surface area contributed by atoms with Crippen LogP contribution in [-0.4, -0.2) is 23.2 Å². The highest BCUT2D eigenvalue weighted by Gasteiger charge is 2.08. The Hall–Kier alpha value is -2.24. The molecule has 6 heteroatoms. The lowest BCUT2D eigenvalue weighted by molar-refractivity contribution is -0.118. The number of nitrogens with zero attached hydrogens (tertiary/aromatic N) is 1. The molecule has 0 spiro atoms. The van der Waals surface area contributed by atoms with E-state index < -0.39 is 0 Å². The van der Waals surface area contributed by atoms with Crippen LogP contribution in [0.15, 0.2) is 65.3 Å². The average molecular weight is 387 g/mol. The molecule has 3 rings (SSSR count). The quantitative estimate of drug-likeness (QED) is 0.615. The Kier molecular flexibility index (Phi) is 6.75. The summed E-state index contributed by atoms with van der Waals surface area (Å²) in [6.07, 6.45) is 2.47. The molecule has 26 heavy (non-hydrogen) atoms. The van der Waals surface area contributed by atoms with Gasteiger partial charge in [-0.2, -0.15) is 0 Å². The van der Waals surface area contributed by atoms with Crippen molar-refractivity contribution in [1.29, 1.82) is 0 Å². The number of amides is 1. The van der Waals surface area contributed by atoms with Crippen LogP contribution in [-0.2, 0) is 17.0 Å². The lowest BCUT2D eigenvalue weighted by atomic mass is 10.1. The van der Waals surface area contributed by atoms with Crippen LogP contribution in [0.4, 0.5) is 0 Å². The number of aromatic nitrogens is 1. The number of hydrogen-bond acceptors (Lipinski definition) is 4. The number of carbonyl (C=O) groups is 1. The first-order valence-electron chi connectivity index (χ1n) is 8.29. The molecule has 0 radical (unpaired) electrons. The van der Waals surface area contributed by atoms with Gasteiger partial charge in [0.05, 0.1) is 11.4 Å². The third-order valence-electron chi connectivity index (χ3n) is 3.70. The fourth-order valence-electron chi connectivity index (χ4n) is 2.39. The fraction of sp³-hybridized carbons (Fsp3) is 0.200. The van der Waals surface area contributed by atoms with E-state index in [0.717, 1.165) is 17.7 Å². The molecule has 0 aliphatic heterocycles. The molecule has 0 aliphatic rings. The highest BCUT2D eigenvalue weighted by Crippen LogP contribution is 2.22. The molecule has 0 fully saturated rings. The zero-order valence-corrected chi connectivity index (χ0v) is 15.7. The number of benzene rings is 2. The Labute approximate surface area is 162 Å². The highest BCUT2D eigenvalue weighted by atomic mass is 35.5. The molecule has 1 amide bonds. The first-order chi connectivity index (χ1) is 12.7. The van der Waals surface area contributed by atoms with Crippen molar-refractivity contribution >= 4 is 29.3 Å². The minimum absolute atomic E-state index is 0.0346. The van der Waals surface area contributed by atoms with E-state index in [1.807, 2.05) is 30.3 Å². The van der Waals surface area contributed by atoms with Crippen LogP contribution in [0.25, 0.3) is 11.5 Å². The van der Waals surface area contributed by atoms with E-state index in [2.05, 4.69) is 22.4 Å². The smallest absolute Gasteiger partial charge is 0.230 e. The normalized spacial score (nSPS) is 10.7. The van der Waals surface area contributed by atoms with Gasteiger partial charge in [-0.05, 0) is 36.2 Å². The summed E-state index contributed by atoms with van der Waals surface area (Å²) in [6.45, 7) is 0.647. The monoisotopic (exact) mass is 386 g/mol. The minimum atomic E-state index is 0.0346. The molecule has 1 N–H and O–H groups in total. The Morgan fingerprint density at radius 3 is 2.65 bits per heavy atom. The largest absolute Gasteiger partial charge is 0.444 e. The Morgan fingerprint density at radius 1 is 1.12 bits per heavy atom. The van der Waals surface area contributed by atoms with Gasteiger partial charge >= 0.3 is 0 Å². The number of carbonyl (C=O) groups excluding carboxylic acids is 1. The second kappa shape index (κ2) is 9.46. The molecule has 0 saturated heterocycles. The SMILES string of the molecule is O=C(CSCc1coc(-c2ccc(Cl)cc2)n1)NCCc1ccccc1. The molecular formula is C20H19ClN2O2S. The van der Waals surface area contributed by atoms with Crippen molar-refractivity contribution in [2.24, 2.45) is 0 Å². The van der Waals surface area contributed by atoms with Crippen LogP contribution in [0, 0.1) is 0 Å². The van der Waals surface area contributed by atoms with E-state index >= 15 is 0 Å². The van der Waals surface area contributed by atoms with Crippen LogP contribution in [0.5, 0.6) is 0 Å². The molecule has 0 saturated carbocycles. The maximum absolute atomic E-state index is 11.9. The van der Waals surface area contributed by atoms with Crippen LogP contribution >= 0.6 is 23.4 Å². The average Bonchev–Trinajstić information content (AvgIpc) is 3.12. The molecule has 2 aromatic carbocycles. The summed E-state index contributed by atoms with van der Waals surface area (Å²) in [7, 11) is 0. The van der Waals surface area contributed by atoms with Crippen LogP contribution in [0.3, 0.4) is 0 Å². The maximum Gasteiger partial charge on any atom is 0.230 e. The van der Waals surface area contributed by atoms with Crippen molar-refractivity contribution in [2.75, 3.05) is 12.3 Å². The number of hydrogen-bond donors (Lipinski definition) is 1. The van der Waals surface area contributed by atoms with Crippen molar-refractivity contribution in [3.05, 3.63) is 77.1 Å². The zero-order valence-electron chi connectivity index (χ0n) is 14.2. The van der Waals surface area contributed by atoms with Gasteiger partial charge in [0, 0.05) is 22.9 Å². The molecule has 1 heterocycles. The molecule has 0 bridgehead atoms. The third-order valence-corrected chi connectivity index (χ3v) is 4.92. The molecule has 134 valence electrons. The van der Waals surface area contributed by atoms with Gasteiger partial charge in [0.25, 0.3) is 0 Å². The summed E-state index contributed by atoms with van der Waals surface area (Å²) in [5.74, 6) is 1.62. The lowest BCUT2D eigenvalue weighted by Gasteiger charge is -2.04. The van der Waals surface area contributed by atoms with Crippen molar-refractivity contribution in [2.45, 2.75) is 12.2 Å². The van der Waals surface area contributed by atoms with Gasteiger partial charge in [-0.3, -0.25) is 4.79 Å². The second-order valence-electron chi connectivity index (χ2n) is 5.73.